The van der Waals surface area contributed by atoms with Gasteiger partial charge in [0.2, 0.25) is 6.79 Å². The standard InChI is InChI=1S/C27H35N5O2/c1-5-32-25(6-7-29-32)24-14-21(15-26-27(24)34-18-33-26)17-28-22-12-20(4)13-23(16-22)31-10-8-30(9-11-31)19(2)3/h6-7,12-16,19,28H,5,8-11,17-18H2,1-4H3. The minimum Gasteiger partial charge on any atom is -0.454 e. The molecule has 5 rings (SSSR count). The van der Waals surface area contributed by atoms with Crippen molar-refractivity contribution < 1.29 is 9.47 Å². The number of benzene rings is 2. The molecule has 0 amide bonds. The lowest BCUT2D eigenvalue weighted by Crippen LogP contribution is -2.48. The minimum atomic E-state index is 0.255. The molecule has 1 aromatic heterocycles. The predicted molar refractivity (Wildman–Crippen MR) is 137 cm³/mol. The number of hydrogen-bond donors (Lipinski definition) is 1. The highest BCUT2D eigenvalue weighted by Crippen LogP contribution is 2.42. The van der Waals surface area contributed by atoms with E-state index < -0.39 is 0 Å². The van der Waals surface area contributed by atoms with E-state index in [9.17, 15) is 0 Å². The lowest BCUT2D eigenvalue weighted by molar-refractivity contribution is 0.174. The molecule has 0 saturated carbocycles. The number of anilines is 2. The molecule has 0 spiro atoms. The largest absolute Gasteiger partial charge is 0.454 e. The second kappa shape index (κ2) is 9.58. The summed E-state index contributed by atoms with van der Waals surface area (Å²) in [5, 5.41) is 8.08. The van der Waals surface area contributed by atoms with Gasteiger partial charge in [0.15, 0.2) is 11.5 Å². The second-order valence-corrected chi connectivity index (χ2v) is 9.44. The van der Waals surface area contributed by atoms with Crippen LogP contribution in [0, 0.1) is 6.92 Å². The Morgan fingerprint density at radius 2 is 1.85 bits per heavy atom. The van der Waals surface area contributed by atoms with E-state index in [2.05, 4.69) is 78.2 Å². The number of nitrogens with one attached hydrogen (secondary N) is 1. The smallest absolute Gasteiger partial charge is 0.231 e. The molecule has 0 radical (unpaired) electrons. The summed E-state index contributed by atoms with van der Waals surface area (Å²) in [6, 6.07) is 13.7. The summed E-state index contributed by atoms with van der Waals surface area (Å²) >= 11 is 0. The Balaban J connectivity index is 1.34. The number of rotatable bonds is 7. The molecule has 1 fully saturated rings. The van der Waals surface area contributed by atoms with Gasteiger partial charge in [0.05, 0.1) is 5.69 Å². The van der Waals surface area contributed by atoms with E-state index >= 15 is 0 Å². The van der Waals surface area contributed by atoms with Crippen LogP contribution >= 0.6 is 0 Å². The fourth-order valence-corrected chi connectivity index (χ4v) is 4.92. The highest BCUT2D eigenvalue weighted by Gasteiger charge is 2.23. The highest BCUT2D eigenvalue weighted by molar-refractivity contribution is 5.73. The molecule has 0 bridgehead atoms. The van der Waals surface area contributed by atoms with Crippen LogP contribution in [0.5, 0.6) is 11.5 Å². The number of fused-ring (bicyclic) bond motifs is 1. The van der Waals surface area contributed by atoms with E-state index in [0.717, 1.165) is 66.7 Å². The number of ether oxygens (including phenoxy) is 2. The average Bonchev–Trinajstić information content (AvgIpc) is 3.51. The number of nitrogens with zero attached hydrogens (tertiary/aromatic N) is 4. The minimum absolute atomic E-state index is 0.255. The predicted octanol–water partition coefficient (Wildman–Crippen LogP) is 4.75. The summed E-state index contributed by atoms with van der Waals surface area (Å²) < 4.78 is 13.5. The van der Waals surface area contributed by atoms with Crippen LogP contribution in [0.4, 0.5) is 11.4 Å². The summed E-state index contributed by atoms with van der Waals surface area (Å²) in [6.45, 7) is 14.9. The van der Waals surface area contributed by atoms with Crippen molar-refractivity contribution in [2.24, 2.45) is 0 Å². The molecule has 3 heterocycles. The van der Waals surface area contributed by atoms with Crippen molar-refractivity contribution in [1.82, 2.24) is 14.7 Å². The van der Waals surface area contributed by atoms with Crippen molar-refractivity contribution in [2.45, 2.75) is 46.8 Å². The lowest BCUT2D eigenvalue weighted by Gasteiger charge is -2.38. The fourth-order valence-electron chi connectivity index (χ4n) is 4.92. The molecule has 7 nitrogen and oxygen atoms in total. The summed E-state index contributed by atoms with van der Waals surface area (Å²) in [7, 11) is 0. The molecule has 0 unspecified atom stereocenters. The quantitative estimate of drug-likeness (QED) is 0.548. The van der Waals surface area contributed by atoms with Gasteiger partial charge in [0, 0.05) is 68.4 Å². The molecule has 7 heteroatoms. The van der Waals surface area contributed by atoms with Gasteiger partial charge < -0.3 is 19.7 Å². The van der Waals surface area contributed by atoms with E-state index in [-0.39, 0.29) is 6.79 Å². The Bertz CT molecular complexity index is 1150. The number of aryl methyl sites for hydroxylation is 2. The molecule has 2 aromatic carbocycles. The molecule has 0 atom stereocenters. The Labute approximate surface area is 202 Å². The second-order valence-electron chi connectivity index (χ2n) is 9.44. The van der Waals surface area contributed by atoms with Gasteiger partial charge in [-0.15, -0.1) is 0 Å². The van der Waals surface area contributed by atoms with Crippen molar-refractivity contribution in [2.75, 3.05) is 43.2 Å². The number of aromatic nitrogens is 2. The van der Waals surface area contributed by atoms with Crippen LogP contribution in [0.15, 0.2) is 42.6 Å². The number of hydrogen-bond acceptors (Lipinski definition) is 6. The Hall–Kier alpha value is -3.19. The summed E-state index contributed by atoms with van der Waals surface area (Å²) in [5.41, 5.74) is 6.92. The fraction of sp³-hybridized carbons (Fsp3) is 0.444. The van der Waals surface area contributed by atoms with Gasteiger partial charge in [0.25, 0.3) is 0 Å². The molecule has 0 aliphatic carbocycles. The van der Waals surface area contributed by atoms with E-state index in [1.165, 1.54) is 11.3 Å². The van der Waals surface area contributed by atoms with Gasteiger partial charge in [0.1, 0.15) is 0 Å². The van der Waals surface area contributed by atoms with Crippen LogP contribution in [-0.2, 0) is 13.1 Å². The van der Waals surface area contributed by atoms with Crippen molar-refractivity contribution in [1.29, 1.82) is 0 Å². The van der Waals surface area contributed by atoms with Crippen molar-refractivity contribution >= 4 is 11.4 Å². The van der Waals surface area contributed by atoms with E-state index in [4.69, 9.17) is 9.47 Å². The maximum Gasteiger partial charge on any atom is 0.231 e. The van der Waals surface area contributed by atoms with Gasteiger partial charge in [-0.05, 0) is 75.2 Å². The van der Waals surface area contributed by atoms with Crippen LogP contribution in [-0.4, -0.2) is 53.7 Å². The first-order chi connectivity index (χ1) is 16.5. The molecule has 2 aliphatic heterocycles. The normalized spacial score (nSPS) is 15.9. The maximum absolute atomic E-state index is 5.80. The zero-order chi connectivity index (χ0) is 23.7. The first-order valence-electron chi connectivity index (χ1n) is 12.3. The van der Waals surface area contributed by atoms with Crippen LogP contribution in [0.2, 0.25) is 0 Å². The molecule has 1 saturated heterocycles. The van der Waals surface area contributed by atoms with Gasteiger partial charge in [-0.1, -0.05) is 0 Å². The Kier molecular flexibility index (Phi) is 6.37. The summed E-state index contributed by atoms with van der Waals surface area (Å²) in [5.74, 6) is 1.60. The number of piperazine rings is 1. The first-order valence-corrected chi connectivity index (χ1v) is 12.3. The van der Waals surface area contributed by atoms with E-state index in [1.807, 2.05) is 16.9 Å². The third kappa shape index (κ3) is 4.57. The molecule has 3 aromatic rings. The molecular weight excluding hydrogens is 426 g/mol. The van der Waals surface area contributed by atoms with Crippen LogP contribution in [0.3, 0.4) is 0 Å². The van der Waals surface area contributed by atoms with Gasteiger partial charge in [-0.25, -0.2) is 0 Å². The molecule has 180 valence electrons. The van der Waals surface area contributed by atoms with Crippen LogP contribution < -0.4 is 19.7 Å². The van der Waals surface area contributed by atoms with Gasteiger partial charge in [-0.3, -0.25) is 9.58 Å². The molecule has 2 aliphatic rings. The SMILES string of the molecule is CCn1nccc1-c1cc(CNc2cc(C)cc(N3CCN(C(C)C)CC3)c2)cc2c1OCO2. The summed E-state index contributed by atoms with van der Waals surface area (Å²) in [4.78, 5) is 5.05. The third-order valence-corrected chi connectivity index (χ3v) is 6.79. The lowest BCUT2D eigenvalue weighted by atomic mass is 10.1. The molecule has 34 heavy (non-hydrogen) atoms. The molecular formula is C27H35N5O2. The zero-order valence-electron chi connectivity index (χ0n) is 20.7. The van der Waals surface area contributed by atoms with Crippen molar-refractivity contribution in [3.63, 3.8) is 0 Å². The summed E-state index contributed by atoms with van der Waals surface area (Å²) in [6.07, 6.45) is 1.83. The van der Waals surface area contributed by atoms with Crippen LogP contribution in [0.25, 0.3) is 11.3 Å². The van der Waals surface area contributed by atoms with Gasteiger partial charge >= 0.3 is 0 Å². The Morgan fingerprint density at radius 1 is 1.03 bits per heavy atom. The first kappa shape index (κ1) is 22.6. The highest BCUT2D eigenvalue weighted by atomic mass is 16.7. The van der Waals surface area contributed by atoms with Crippen molar-refractivity contribution in [3.8, 4) is 22.8 Å². The Morgan fingerprint density at radius 3 is 2.62 bits per heavy atom. The average molecular weight is 462 g/mol. The maximum atomic E-state index is 5.80. The topological polar surface area (TPSA) is 54.8 Å². The van der Waals surface area contributed by atoms with Gasteiger partial charge in [-0.2, -0.15) is 5.10 Å². The van der Waals surface area contributed by atoms with Crippen molar-refractivity contribution in [3.05, 3.63) is 53.7 Å². The van der Waals surface area contributed by atoms with Crippen LogP contribution in [0.1, 0.15) is 31.9 Å². The van der Waals surface area contributed by atoms with E-state index in [1.54, 1.807) is 0 Å². The monoisotopic (exact) mass is 461 g/mol. The third-order valence-electron chi connectivity index (χ3n) is 6.79. The zero-order valence-corrected chi connectivity index (χ0v) is 20.7. The molecule has 1 N–H and O–H groups in total. The van der Waals surface area contributed by atoms with E-state index in [0.29, 0.717) is 12.6 Å².